The molecule has 0 spiro atoms. The van der Waals surface area contributed by atoms with Crippen LogP contribution in [0.2, 0.25) is 0 Å². The first-order valence-corrected chi connectivity index (χ1v) is 9.00. The molecule has 1 saturated heterocycles. The summed E-state index contributed by atoms with van der Waals surface area (Å²) < 4.78 is 6.55. The standard InChI is InChI=1S/C20H25N3O3/c1-13-8-10-16(11-9-13)23-18(24)12-17(26-4)19(21-23)20(25)22-14(2)6-5-7-15(22)3/h8-12,14-15H,5-7H2,1-4H3/t14-,15-/m1/s1. The molecule has 1 aromatic heterocycles. The lowest BCUT2D eigenvalue weighted by molar-refractivity contribution is 0.0499. The van der Waals surface area contributed by atoms with Crippen molar-refractivity contribution in [2.24, 2.45) is 0 Å². The molecular weight excluding hydrogens is 330 g/mol. The molecule has 1 amide bonds. The number of nitrogens with zero attached hydrogens (tertiary/aromatic N) is 3. The number of amides is 1. The number of benzene rings is 1. The smallest absolute Gasteiger partial charge is 0.278 e. The summed E-state index contributed by atoms with van der Waals surface area (Å²) in [4.78, 5) is 27.5. The maximum absolute atomic E-state index is 13.2. The molecule has 0 N–H and O–H groups in total. The van der Waals surface area contributed by atoms with E-state index in [1.54, 1.807) is 0 Å². The van der Waals surface area contributed by atoms with Crippen molar-refractivity contribution in [1.29, 1.82) is 0 Å². The Labute approximate surface area is 153 Å². The van der Waals surface area contributed by atoms with Crippen molar-refractivity contribution in [3.8, 4) is 11.4 Å². The van der Waals surface area contributed by atoms with E-state index in [9.17, 15) is 9.59 Å². The molecule has 0 aliphatic carbocycles. The van der Waals surface area contributed by atoms with Gasteiger partial charge in [0.25, 0.3) is 11.5 Å². The van der Waals surface area contributed by atoms with Gasteiger partial charge in [-0.3, -0.25) is 9.59 Å². The first-order valence-electron chi connectivity index (χ1n) is 9.00. The number of carbonyl (C=O) groups is 1. The molecular formula is C20H25N3O3. The minimum absolute atomic E-state index is 0.137. The highest BCUT2D eigenvalue weighted by molar-refractivity contribution is 5.95. The van der Waals surface area contributed by atoms with Crippen molar-refractivity contribution >= 4 is 5.91 Å². The minimum atomic E-state index is -0.331. The lowest BCUT2D eigenvalue weighted by Gasteiger charge is -2.38. The van der Waals surface area contributed by atoms with Gasteiger partial charge in [0, 0.05) is 12.1 Å². The molecule has 2 aromatic rings. The first-order chi connectivity index (χ1) is 12.4. The molecule has 1 fully saturated rings. The van der Waals surface area contributed by atoms with E-state index in [0.717, 1.165) is 24.8 Å². The monoisotopic (exact) mass is 355 g/mol. The summed E-state index contributed by atoms with van der Waals surface area (Å²) in [6.07, 6.45) is 3.05. The predicted octanol–water partition coefficient (Wildman–Crippen LogP) is 2.95. The number of likely N-dealkylation sites (tertiary alicyclic amines) is 1. The van der Waals surface area contributed by atoms with E-state index < -0.39 is 0 Å². The molecule has 1 aromatic carbocycles. The number of ether oxygens (including phenoxy) is 1. The van der Waals surface area contributed by atoms with Crippen LogP contribution in [0, 0.1) is 6.92 Å². The molecule has 26 heavy (non-hydrogen) atoms. The SMILES string of the molecule is COc1cc(=O)n(-c2ccc(C)cc2)nc1C(=O)N1[C@H](C)CCC[C@H]1C. The second-order valence-corrected chi connectivity index (χ2v) is 6.99. The fourth-order valence-corrected chi connectivity index (χ4v) is 3.56. The van der Waals surface area contributed by atoms with E-state index in [1.165, 1.54) is 17.9 Å². The summed E-state index contributed by atoms with van der Waals surface area (Å²) in [5.74, 6) is 0.0238. The van der Waals surface area contributed by atoms with Crippen LogP contribution in [0.5, 0.6) is 5.75 Å². The van der Waals surface area contributed by atoms with Gasteiger partial charge in [0.15, 0.2) is 11.4 Å². The van der Waals surface area contributed by atoms with Crippen LogP contribution in [0.25, 0.3) is 5.69 Å². The predicted molar refractivity (Wildman–Crippen MR) is 100 cm³/mol. The van der Waals surface area contributed by atoms with Crippen molar-refractivity contribution in [2.45, 2.75) is 52.1 Å². The zero-order valence-electron chi connectivity index (χ0n) is 15.7. The third-order valence-corrected chi connectivity index (χ3v) is 5.03. The Hall–Kier alpha value is -2.63. The molecule has 0 unspecified atom stereocenters. The van der Waals surface area contributed by atoms with Crippen molar-refractivity contribution in [3.63, 3.8) is 0 Å². The van der Waals surface area contributed by atoms with E-state index in [0.29, 0.717) is 5.69 Å². The Bertz CT molecular complexity index is 848. The third kappa shape index (κ3) is 3.36. The van der Waals surface area contributed by atoms with Crippen molar-refractivity contribution in [1.82, 2.24) is 14.7 Å². The number of aromatic nitrogens is 2. The molecule has 1 aliphatic heterocycles. The van der Waals surface area contributed by atoms with E-state index in [-0.39, 0.29) is 35.0 Å². The lowest BCUT2D eigenvalue weighted by Crippen LogP contribution is -2.48. The fourth-order valence-electron chi connectivity index (χ4n) is 3.56. The third-order valence-electron chi connectivity index (χ3n) is 5.03. The van der Waals surface area contributed by atoms with E-state index >= 15 is 0 Å². The maximum atomic E-state index is 13.2. The van der Waals surface area contributed by atoms with Crippen LogP contribution in [0.4, 0.5) is 0 Å². The van der Waals surface area contributed by atoms with Gasteiger partial charge in [-0.05, 0) is 52.2 Å². The van der Waals surface area contributed by atoms with Gasteiger partial charge in [0.05, 0.1) is 18.9 Å². The highest BCUT2D eigenvalue weighted by Crippen LogP contribution is 2.26. The molecule has 1 aliphatic rings. The average Bonchev–Trinajstić information content (AvgIpc) is 2.62. The van der Waals surface area contributed by atoms with Crippen molar-refractivity contribution < 1.29 is 9.53 Å². The summed E-state index contributed by atoms with van der Waals surface area (Å²) in [6.45, 7) is 6.08. The molecule has 2 atom stereocenters. The summed E-state index contributed by atoms with van der Waals surface area (Å²) >= 11 is 0. The number of aryl methyl sites for hydroxylation is 1. The molecule has 6 heteroatoms. The van der Waals surface area contributed by atoms with E-state index in [1.807, 2.05) is 36.1 Å². The topological polar surface area (TPSA) is 64.4 Å². The molecule has 2 heterocycles. The van der Waals surface area contributed by atoms with Gasteiger partial charge >= 0.3 is 0 Å². The number of rotatable bonds is 3. The summed E-state index contributed by atoms with van der Waals surface area (Å²) in [5, 5.41) is 4.37. The van der Waals surface area contributed by atoms with Crippen LogP contribution in [-0.2, 0) is 0 Å². The van der Waals surface area contributed by atoms with Crippen molar-refractivity contribution in [3.05, 3.63) is 51.9 Å². The number of hydrogen-bond acceptors (Lipinski definition) is 4. The van der Waals surface area contributed by atoms with Gasteiger partial charge in [-0.15, -0.1) is 0 Å². The highest BCUT2D eigenvalue weighted by atomic mass is 16.5. The molecule has 138 valence electrons. The number of piperidine rings is 1. The second-order valence-electron chi connectivity index (χ2n) is 6.99. The van der Waals surface area contributed by atoms with E-state index in [2.05, 4.69) is 18.9 Å². The van der Waals surface area contributed by atoms with Crippen LogP contribution in [0.3, 0.4) is 0 Å². The van der Waals surface area contributed by atoms with Gasteiger partial charge < -0.3 is 9.64 Å². The Morgan fingerprint density at radius 3 is 2.35 bits per heavy atom. The summed E-state index contributed by atoms with van der Waals surface area (Å²) in [5.41, 5.74) is 1.55. The molecule has 0 saturated carbocycles. The molecule has 0 radical (unpaired) electrons. The molecule has 3 rings (SSSR count). The molecule has 6 nitrogen and oxygen atoms in total. The van der Waals surface area contributed by atoms with Crippen LogP contribution in [-0.4, -0.2) is 39.8 Å². The number of hydrogen-bond donors (Lipinski definition) is 0. The second kappa shape index (κ2) is 7.32. The Kier molecular flexibility index (Phi) is 5.11. The van der Waals surface area contributed by atoms with Crippen LogP contribution < -0.4 is 10.3 Å². The summed E-state index contributed by atoms with van der Waals surface area (Å²) in [6, 6.07) is 9.05. The van der Waals surface area contributed by atoms with Crippen LogP contribution in [0.1, 0.15) is 49.2 Å². The zero-order chi connectivity index (χ0) is 18.8. The quantitative estimate of drug-likeness (QED) is 0.849. The lowest BCUT2D eigenvalue weighted by atomic mass is 9.97. The fraction of sp³-hybridized carbons (Fsp3) is 0.450. The van der Waals surface area contributed by atoms with Crippen molar-refractivity contribution in [2.75, 3.05) is 7.11 Å². The normalized spacial score (nSPS) is 20.1. The van der Waals surface area contributed by atoms with Gasteiger partial charge in [-0.25, -0.2) is 0 Å². The summed E-state index contributed by atoms with van der Waals surface area (Å²) in [7, 11) is 1.45. The Morgan fingerprint density at radius 2 is 1.77 bits per heavy atom. The minimum Gasteiger partial charge on any atom is -0.494 e. The van der Waals surface area contributed by atoms with Crippen LogP contribution >= 0.6 is 0 Å². The van der Waals surface area contributed by atoms with Gasteiger partial charge in [-0.2, -0.15) is 9.78 Å². The average molecular weight is 355 g/mol. The van der Waals surface area contributed by atoms with Gasteiger partial charge in [-0.1, -0.05) is 17.7 Å². The number of carbonyl (C=O) groups excluding carboxylic acids is 1. The molecule has 0 bridgehead atoms. The van der Waals surface area contributed by atoms with Gasteiger partial charge in [0.1, 0.15) is 0 Å². The Morgan fingerprint density at radius 1 is 1.15 bits per heavy atom. The Balaban J connectivity index is 2.08. The highest BCUT2D eigenvalue weighted by Gasteiger charge is 2.32. The first kappa shape index (κ1) is 18.2. The number of methoxy groups -OCH3 is 1. The largest absolute Gasteiger partial charge is 0.494 e. The maximum Gasteiger partial charge on any atom is 0.278 e. The zero-order valence-corrected chi connectivity index (χ0v) is 15.7. The van der Waals surface area contributed by atoms with Gasteiger partial charge in [0.2, 0.25) is 0 Å². The van der Waals surface area contributed by atoms with E-state index in [4.69, 9.17) is 4.74 Å². The van der Waals surface area contributed by atoms with Crippen LogP contribution in [0.15, 0.2) is 35.1 Å².